The van der Waals surface area contributed by atoms with Crippen LogP contribution >= 0.6 is 0 Å². The molecule has 2 aliphatic carbocycles. The van der Waals surface area contributed by atoms with Crippen molar-refractivity contribution in [2.75, 3.05) is 6.54 Å². The first-order valence-corrected chi connectivity index (χ1v) is 7.37. The summed E-state index contributed by atoms with van der Waals surface area (Å²) in [7, 11) is 0. The number of carbonyl (C=O) groups excluding carboxylic acids is 1. The molecular formula is C15H25NO4. The molecule has 2 fully saturated rings. The fourth-order valence-corrected chi connectivity index (χ4v) is 3.73. The number of carbonyl (C=O) groups is 2. The number of alkyl carbamates (subject to hydrolysis) is 1. The van der Waals surface area contributed by atoms with Gasteiger partial charge in [0.05, 0.1) is 5.41 Å². The van der Waals surface area contributed by atoms with Gasteiger partial charge in [0.2, 0.25) is 0 Å². The molecule has 2 unspecified atom stereocenters. The molecule has 2 aliphatic rings. The van der Waals surface area contributed by atoms with E-state index in [4.69, 9.17) is 4.74 Å². The van der Waals surface area contributed by atoms with Crippen molar-refractivity contribution in [1.82, 2.24) is 5.32 Å². The Kier molecular flexibility index (Phi) is 3.73. The van der Waals surface area contributed by atoms with Crippen molar-refractivity contribution < 1.29 is 19.4 Å². The lowest BCUT2D eigenvalue weighted by Crippen LogP contribution is -2.42. The van der Waals surface area contributed by atoms with Crippen LogP contribution in [-0.2, 0) is 9.53 Å². The Morgan fingerprint density at radius 1 is 1.20 bits per heavy atom. The van der Waals surface area contributed by atoms with E-state index in [9.17, 15) is 14.7 Å². The molecule has 2 N–H and O–H groups in total. The van der Waals surface area contributed by atoms with Crippen LogP contribution in [-0.4, -0.2) is 29.3 Å². The molecule has 2 atom stereocenters. The maximum atomic E-state index is 11.7. The van der Waals surface area contributed by atoms with Gasteiger partial charge in [0.1, 0.15) is 5.60 Å². The number of fused-ring (bicyclic) bond motifs is 2. The SMILES string of the molecule is CC(C)(C)OC(=O)NCC12CCCC(C(=O)O)(CC1)C2. The molecule has 1 amide bonds. The van der Waals surface area contributed by atoms with Gasteiger partial charge < -0.3 is 15.2 Å². The van der Waals surface area contributed by atoms with Gasteiger partial charge in [0.15, 0.2) is 0 Å². The minimum Gasteiger partial charge on any atom is -0.481 e. The minimum atomic E-state index is -0.670. The molecule has 0 heterocycles. The molecule has 2 bridgehead atoms. The van der Waals surface area contributed by atoms with Crippen molar-refractivity contribution in [3.63, 3.8) is 0 Å². The van der Waals surface area contributed by atoms with Gasteiger partial charge in [0, 0.05) is 6.54 Å². The number of hydrogen-bond donors (Lipinski definition) is 2. The summed E-state index contributed by atoms with van der Waals surface area (Å²) < 4.78 is 5.24. The molecular weight excluding hydrogens is 258 g/mol. The summed E-state index contributed by atoms with van der Waals surface area (Å²) in [4.78, 5) is 23.2. The van der Waals surface area contributed by atoms with Gasteiger partial charge in [-0.3, -0.25) is 4.79 Å². The highest BCUT2D eigenvalue weighted by atomic mass is 16.6. The number of ether oxygens (including phenoxy) is 1. The summed E-state index contributed by atoms with van der Waals surface area (Å²) in [5.41, 5.74) is -1.10. The highest BCUT2D eigenvalue weighted by Gasteiger charge is 2.54. The number of nitrogens with one attached hydrogen (secondary N) is 1. The molecule has 0 aromatic rings. The zero-order chi connectivity index (χ0) is 15.0. The van der Waals surface area contributed by atoms with Gasteiger partial charge in [-0.1, -0.05) is 6.42 Å². The topological polar surface area (TPSA) is 75.6 Å². The lowest BCUT2D eigenvalue weighted by atomic mass is 9.69. The van der Waals surface area contributed by atoms with E-state index in [-0.39, 0.29) is 5.41 Å². The predicted octanol–water partition coefficient (Wildman–Crippen LogP) is 2.94. The summed E-state index contributed by atoms with van der Waals surface area (Å²) in [5.74, 6) is -0.670. The lowest BCUT2D eigenvalue weighted by Gasteiger charge is -2.37. The summed E-state index contributed by atoms with van der Waals surface area (Å²) >= 11 is 0. The second kappa shape index (κ2) is 4.93. The third-order valence-electron chi connectivity index (χ3n) is 4.67. The van der Waals surface area contributed by atoms with E-state index in [0.717, 1.165) is 32.1 Å². The fourth-order valence-electron chi connectivity index (χ4n) is 3.73. The number of hydrogen-bond acceptors (Lipinski definition) is 3. The predicted molar refractivity (Wildman–Crippen MR) is 74.4 cm³/mol. The standard InChI is InChI=1S/C15H25NO4/c1-13(2,3)20-12(19)16-10-14-5-4-6-15(9-14,8-7-14)11(17)18/h4-10H2,1-3H3,(H,16,19)(H,17,18). The van der Waals surface area contributed by atoms with Crippen molar-refractivity contribution in [3.8, 4) is 0 Å². The summed E-state index contributed by atoms with van der Waals surface area (Å²) in [6.45, 7) is 6.01. The highest BCUT2D eigenvalue weighted by molar-refractivity contribution is 5.75. The third-order valence-corrected chi connectivity index (χ3v) is 4.67. The Morgan fingerprint density at radius 3 is 2.50 bits per heavy atom. The van der Waals surface area contributed by atoms with Gasteiger partial charge in [-0.15, -0.1) is 0 Å². The van der Waals surface area contributed by atoms with Crippen LogP contribution in [0, 0.1) is 10.8 Å². The third kappa shape index (κ3) is 3.07. The van der Waals surface area contributed by atoms with E-state index in [1.807, 2.05) is 20.8 Å². The number of carboxylic acids is 1. The van der Waals surface area contributed by atoms with Crippen LogP contribution in [0.15, 0.2) is 0 Å². The Balaban J connectivity index is 1.93. The van der Waals surface area contributed by atoms with Crippen LogP contribution in [0.25, 0.3) is 0 Å². The lowest BCUT2D eigenvalue weighted by molar-refractivity contribution is -0.150. The minimum absolute atomic E-state index is 0.0481. The van der Waals surface area contributed by atoms with E-state index in [2.05, 4.69) is 5.32 Å². The first-order chi connectivity index (χ1) is 9.17. The molecule has 2 rings (SSSR count). The average Bonchev–Trinajstić information content (AvgIpc) is 2.59. The summed E-state index contributed by atoms with van der Waals surface area (Å²) in [6, 6.07) is 0. The van der Waals surface area contributed by atoms with Crippen molar-refractivity contribution in [2.45, 2.75) is 64.9 Å². The second-order valence-corrected chi connectivity index (χ2v) is 7.47. The summed E-state index contributed by atoms with van der Waals surface area (Å²) in [6.07, 6.45) is 4.60. The van der Waals surface area contributed by atoms with Crippen LogP contribution < -0.4 is 5.32 Å². The van der Waals surface area contributed by atoms with Crippen LogP contribution in [0.4, 0.5) is 4.79 Å². The Labute approximate surface area is 120 Å². The molecule has 0 spiro atoms. The monoisotopic (exact) mass is 283 g/mol. The molecule has 0 radical (unpaired) electrons. The van der Waals surface area contributed by atoms with Gasteiger partial charge in [-0.05, 0) is 58.3 Å². The smallest absolute Gasteiger partial charge is 0.407 e. The zero-order valence-electron chi connectivity index (χ0n) is 12.6. The van der Waals surface area contributed by atoms with E-state index in [0.29, 0.717) is 13.0 Å². The molecule has 20 heavy (non-hydrogen) atoms. The normalized spacial score (nSPS) is 32.8. The second-order valence-electron chi connectivity index (χ2n) is 7.47. The van der Waals surface area contributed by atoms with Crippen LogP contribution in [0.1, 0.15) is 59.3 Å². The average molecular weight is 283 g/mol. The van der Waals surface area contributed by atoms with Crippen molar-refractivity contribution >= 4 is 12.1 Å². The molecule has 0 aliphatic heterocycles. The Bertz CT molecular complexity index is 415. The largest absolute Gasteiger partial charge is 0.481 e. The van der Waals surface area contributed by atoms with E-state index >= 15 is 0 Å². The Hall–Kier alpha value is -1.26. The zero-order valence-corrected chi connectivity index (χ0v) is 12.6. The van der Waals surface area contributed by atoms with Crippen molar-refractivity contribution in [2.24, 2.45) is 10.8 Å². The maximum absolute atomic E-state index is 11.7. The van der Waals surface area contributed by atoms with Crippen LogP contribution in [0.2, 0.25) is 0 Å². The van der Waals surface area contributed by atoms with Gasteiger partial charge in [0.25, 0.3) is 0 Å². The quantitative estimate of drug-likeness (QED) is 0.835. The highest BCUT2D eigenvalue weighted by Crippen LogP contribution is 2.58. The van der Waals surface area contributed by atoms with Gasteiger partial charge in [-0.25, -0.2) is 4.79 Å². The molecule has 0 aromatic heterocycles. The first kappa shape index (κ1) is 15.1. The van der Waals surface area contributed by atoms with E-state index in [1.54, 1.807) is 0 Å². The molecule has 114 valence electrons. The van der Waals surface area contributed by atoms with Crippen LogP contribution in [0.5, 0.6) is 0 Å². The molecule has 5 nitrogen and oxygen atoms in total. The van der Waals surface area contributed by atoms with Gasteiger partial charge in [-0.2, -0.15) is 0 Å². The first-order valence-electron chi connectivity index (χ1n) is 7.37. The number of amides is 1. The molecule has 0 aromatic carbocycles. The van der Waals surface area contributed by atoms with Crippen molar-refractivity contribution in [3.05, 3.63) is 0 Å². The van der Waals surface area contributed by atoms with E-state index in [1.165, 1.54) is 0 Å². The van der Waals surface area contributed by atoms with Crippen LogP contribution in [0.3, 0.4) is 0 Å². The maximum Gasteiger partial charge on any atom is 0.407 e. The summed E-state index contributed by atoms with van der Waals surface area (Å²) in [5, 5.41) is 12.3. The number of carboxylic acid groups (broad SMARTS) is 1. The number of aliphatic carboxylic acids is 1. The molecule has 0 saturated heterocycles. The Morgan fingerprint density at radius 2 is 1.90 bits per heavy atom. The van der Waals surface area contributed by atoms with Crippen molar-refractivity contribution in [1.29, 1.82) is 0 Å². The molecule has 5 heteroatoms. The van der Waals surface area contributed by atoms with E-state index < -0.39 is 23.1 Å². The number of rotatable bonds is 3. The molecule has 2 saturated carbocycles. The fraction of sp³-hybridized carbons (Fsp3) is 0.867. The van der Waals surface area contributed by atoms with Gasteiger partial charge >= 0.3 is 12.1 Å².